The molecule has 17 heavy (non-hydrogen) atoms. The molecule has 0 saturated carbocycles. The van der Waals surface area contributed by atoms with Gasteiger partial charge in [-0.25, -0.2) is 0 Å². The molecule has 1 aromatic carbocycles. The Hall–Kier alpha value is -1.78. The second-order valence-corrected chi connectivity index (χ2v) is 3.23. The minimum Gasteiger partial charge on any atom is -0.395 e. The van der Waals surface area contributed by atoms with Gasteiger partial charge in [-0.15, -0.1) is 6.58 Å². The molecule has 2 nitrogen and oxygen atoms in total. The number of oxime groups is 1. The molecular formula is C12H12F3NO. The predicted molar refractivity (Wildman–Crippen MR) is 59.8 cm³/mol. The predicted octanol–water partition coefficient (Wildman–Crippen LogP) is 3.63. The number of alkyl halides is 3. The zero-order valence-electron chi connectivity index (χ0n) is 9.07. The van der Waals surface area contributed by atoms with Gasteiger partial charge >= 0.3 is 6.18 Å². The molecule has 1 rings (SSSR count). The highest BCUT2D eigenvalue weighted by Crippen LogP contribution is 2.31. The van der Waals surface area contributed by atoms with Gasteiger partial charge in [0.1, 0.15) is 6.61 Å². The monoisotopic (exact) mass is 243 g/mol. The molecule has 5 heteroatoms. The van der Waals surface area contributed by atoms with E-state index in [9.17, 15) is 13.2 Å². The van der Waals surface area contributed by atoms with Crippen LogP contribution in [0, 0.1) is 0 Å². The summed E-state index contributed by atoms with van der Waals surface area (Å²) in [6.07, 6.45) is -1.09. The molecule has 0 fully saturated rings. The molecule has 0 N–H and O–H groups in total. The van der Waals surface area contributed by atoms with Crippen LogP contribution >= 0.6 is 0 Å². The van der Waals surface area contributed by atoms with Crippen molar-refractivity contribution in [3.8, 4) is 0 Å². The van der Waals surface area contributed by atoms with E-state index in [1.807, 2.05) is 0 Å². The first-order valence-corrected chi connectivity index (χ1v) is 4.98. The number of nitrogens with zero attached hydrogens (tertiary/aromatic N) is 1. The van der Waals surface area contributed by atoms with E-state index in [0.717, 1.165) is 12.3 Å². The van der Waals surface area contributed by atoms with Crippen LogP contribution in [0.3, 0.4) is 0 Å². The Morgan fingerprint density at radius 1 is 1.29 bits per heavy atom. The van der Waals surface area contributed by atoms with Gasteiger partial charge < -0.3 is 4.84 Å². The van der Waals surface area contributed by atoms with Gasteiger partial charge in [-0.3, -0.25) is 0 Å². The molecule has 0 atom stereocenters. The number of rotatable bonds is 5. The Morgan fingerprint density at radius 3 is 2.65 bits per heavy atom. The second kappa shape index (κ2) is 6.08. The summed E-state index contributed by atoms with van der Waals surface area (Å²) >= 11 is 0. The highest BCUT2D eigenvalue weighted by molar-refractivity contribution is 5.81. The normalized spacial score (nSPS) is 11.7. The van der Waals surface area contributed by atoms with Crippen LogP contribution < -0.4 is 0 Å². The van der Waals surface area contributed by atoms with Crippen molar-refractivity contribution in [3.05, 3.63) is 48.0 Å². The van der Waals surface area contributed by atoms with E-state index >= 15 is 0 Å². The van der Waals surface area contributed by atoms with Gasteiger partial charge in [-0.2, -0.15) is 13.2 Å². The van der Waals surface area contributed by atoms with E-state index in [1.54, 1.807) is 6.08 Å². The quantitative estimate of drug-likeness (QED) is 0.335. The lowest BCUT2D eigenvalue weighted by atomic mass is 10.1. The van der Waals surface area contributed by atoms with Gasteiger partial charge in [-0.1, -0.05) is 29.4 Å². The smallest absolute Gasteiger partial charge is 0.395 e. The number of hydrogen-bond donors (Lipinski definition) is 0. The van der Waals surface area contributed by atoms with Crippen LogP contribution in [0.2, 0.25) is 0 Å². The van der Waals surface area contributed by atoms with Gasteiger partial charge in [0, 0.05) is 12.0 Å². The molecule has 0 unspecified atom stereocenters. The van der Waals surface area contributed by atoms with Crippen LogP contribution in [0.25, 0.3) is 0 Å². The van der Waals surface area contributed by atoms with Gasteiger partial charge in [0.15, 0.2) is 0 Å². The molecule has 0 amide bonds. The van der Waals surface area contributed by atoms with E-state index < -0.39 is 11.7 Å². The topological polar surface area (TPSA) is 21.6 Å². The molecule has 0 aliphatic rings. The van der Waals surface area contributed by atoms with Crippen molar-refractivity contribution >= 4 is 6.21 Å². The van der Waals surface area contributed by atoms with Crippen molar-refractivity contribution in [1.29, 1.82) is 0 Å². The fraction of sp³-hybridized carbons (Fsp3) is 0.250. The van der Waals surface area contributed by atoms with E-state index in [1.165, 1.54) is 18.2 Å². The third-order valence-corrected chi connectivity index (χ3v) is 1.95. The second-order valence-electron chi connectivity index (χ2n) is 3.23. The minimum atomic E-state index is -4.39. The lowest BCUT2D eigenvalue weighted by Crippen LogP contribution is -2.08. The average molecular weight is 243 g/mol. The van der Waals surface area contributed by atoms with E-state index in [4.69, 9.17) is 4.84 Å². The van der Waals surface area contributed by atoms with E-state index in [0.29, 0.717) is 13.0 Å². The van der Waals surface area contributed by atoms with E-state index in [-0.39, 0.29) is 5.56 Å². The summed E-state index contributed by atoms with van der Waals surface area (Å²) in [4.78, 5) is 4.78. The molecule has 0 bridgehead atoms. The summed E-state index contributed by atoms with van der Waals surface area (Å²) in [7, 11) is 0. The van der Waals surface area contributed by atoms with Gasteiger partial charge in [0.05, 0.1) is 11.8 Å². The minimum absolute atomic E-state index is 0.0152. The molecule has 0 aliphatic carbocycles. The van der Waals surface area contributed by atoms with Crippen LogP contribution in [0.15, 0.2) is 42.1 Å². The standard InChI is InChI=1S/C12H12F3NO/c1-2-3-8-17-16-9-10-6-4-5-7-11(10)12(13,14)15/h2,4-7,9H,1,3,8H2. The van der Waals surface area contributed by atoms with Crippen LogP contribution in [0.1, 0.15) is 17.5 Å². The summed E-state index contributed by atoms with van der Waals surface area (Å²) in [6.45, 7) is 3.78. The third-order valence-electron chi connectivity index (χ3n) is 1.95. The lowest BCUT2D eigenvalue weighted by molar-refractivity contribution is -0.137. The maximum atomic E-state index is 12.6. The Balaban J connectivity index is 2.74. The summed E-state index contributed by atoms with van der Waals surface area (Å²) in [6, 6.07) is 5.19. The largest absolute Gasteiger partial charge is 0.417 e. The third kappa shape index (κ3) is 4.30. The first kappa shape index (κ1) is 13.3. The maximum Gasteiger partial charge on any atom is 0.417 e. The van der Waals surface area contributed by atoms with Crippen molar-refractivity contribution in [2.75, 3.05) is 6.61 Å². The highest BCUT2D eigenvalue weighted by Gasteiger charge is 2.32. The fourth-order valence-electron chi connectivity index (χ4n) is 1.15. The summed E-state index contributed by atoms with van der Waals surface area (Å²) in [5, 5.41) is 3.48. The van der Waals surface area contributed by atoms with Crippen molar-refractivity contribution in [2.24, 2.45) is 5.16 Å². The van der Waals surface area contributed by atoms with Crippen LogP contribution in [-0.2, 0) is 11.0 Å². The van der Waals surface area contributed by atoms with Crippen molar-refractivity contribution in [1.82, 2.24) is 0 Å². The summed E-state index contributed by atoms with van der Waals surface area (Å²) in [5.74, 6) is 0. The molecule has 0 heterocycles. The maximum absolute atomic E-state index is 12.6. The molecule has 0 spiro atoms. The van der Waals surface area contributed by atoms with Gasteiger partial charge in [-0.05, 0) is 6.07 Å². The van der Waals surface area contributed by atoms with Crippen LogP contribution in [0.5, 0.6) is 0 Å². The SMILES string of the molecule is C=CCCON=Cc1ccccc1C(F)(F)F. The molecule has 0 radical (unpaired) electrons. The number of halogens is 3. The number of benzene rings is 1. The number of hydrogen-bond acceptors (Lipinski definition) is 2. The van der Waals surface area contributed by atoms with Crippen LogP contribution in [-0.4, -0.2) is 12.8 Å². The Bertz CT molecular complexity index is 399. The molecule has 0 saturated heterocycles. The first-order chi connectivity index (χ1) is 8.05. The zero-order chi connectivity index (χ0) is 12.7. The highest BCUT2D eigenvalue weighted by atomic mass is 19.4. The Labute approximate surface area is 97.4 Å². The van der Waals surface area contributed by atoms with Crippen molar-refractivity contribution < 1.29 is 18.0 Å². The lowest BCUT2D eigenvalue weighted by Gasteiger charge is -2.08. The Kier molecular flexibility index (Phi) is 4.75. The average Bonchev–Trinajstić information content (AvgIpc) is 2.28. The van der Waals surface area contributed by atoms with E-state index in [2.05, 4.69) is 11.7 Å². The van der Waals surface area contributed by atoms with Crippen LogP contribution in [0.4, 0.5) is 13.2 Å². The van der Waals surface area contributed by atoms with Crippen molar-refractivity contribution in [3.63, 3.8) is 0 Å². The Morgan fingerprint density at radius 2 is 2.00 bits per heavy atom. The fourth-order valence-corrected chi connectivity index (χ4v) is 1.15. The molecular weight excluding hydrogens is 231 g/mol. The van der Waals surface area contributed by atoms with Gasteiger partial charge in [0.25, 0.3) is 0 Å². The summed E-state index contributed by atoms with van der Waals surface area (Å²) < 4.78 is 37.7. The molecule has 1 aromatic rings. The summed E-state index contributed by atoms with van der Waals surface area (Å²) in [5.41, 5.74) is -0.741. The zero-order valence-corrected chi connectivity index (χ0v) is 9.07. The van der Waals surface area contributed by atoms with Gasteiger partial charge in [0.2, 0.25) is 0 Å². The molecule has 0 aliphatic heterocycles. The molecule has 0 aromatic heterocycles. The van der Waals surface area contributed by atoms with Crippen molar-refractivity contribution in [2.45, 2.75) is 12.6 Å². The molecule has 92 valence electrons. The first-order valence-electron chi connectivity index (χ1n) is 4.98.